The van der Waals surface area contributed by atoms with Crippen molar-refractivity contribution >= 4 is 27.1 Å². The second kappa shape index (κ2) is 5.65. The molecule has 2 aromatic rings. The van der Waals surface area contributed by atoms with Crippen molar-refractivity contribution in [1.82, 2.24) is 5.32 Å². The third kappa shape index (κ3) is 3.03. The van der Waals surface area contributed by atoms with Gasteiger partial charge in [-0.15, -0.1) is 11.3 Å². The van der Waals surface area contributed by atoms with Crippen LogP contribution in [0.3, 0.4) is 0 Å². The Balaban J connectivity index is 1.84. The molecule has 1 aliphatic rings. The lowest BCUT2D eigenvalue weighted by Gasteiger charge is -2.15. The highest BCUT2D eigenvalue weighted by Crippen LogP contribution is 2.32. The van der Waals surface area contributed by atoms with Gasteiger partial charge in [-0.05, 0) is 36.4 Å². The molecule has 0 radical (unpaired) electrons. The van der Waals surface area contributed by atoms with Crippen LogP contribution >= 0.6 is 11.3 Å². The van der Waals surface area contributed by atoms with Gasteiger partial charge in [-0.1, -0.05) is 6.07 Å². The Labute approximate surface area is 126 Å². The molecule has 21 heavy (non-hydrogen) atoms. The number of sulfone groups is 1. The first-order valence-corrected chi connectivity index (χ1v) is 9.10. The molecule has 1 fully saturated rings. The second-order valence-corrected chi connectivity index (χ2v) is 8.31. The Morgan fingerprint density at radius 2 is 2.19 bits per heavy atom. The van der Waals surface area contributed by atoms with Crippen molar-refractivity contribution in [3.63, 3.8) is 0 Å². The van der Waals surface area contributed by atoms with Crippen molar-refractivity contribution in [2.45, 2.75) is 22.3 Å². The predicted molar refractivity (Wildman–Crippen MR) is 78.7 cm³/mol. The molecule has 0 bridgehead atoms. The summed E-state index contributed by atoms with van der Waals surface area (Å²) in [5.74, 6) is 0.319. The maximum Gasteiger partial charge on any atom is 0.223 e. The third-order valence-electron chi connectivity index (χ3n) is 3.42. The lowest BCUT2D eigenvalue weighted by atomic mass is 10.3. The topological polar surface area (TPSA) is 76.4 Å². The molecule has 2 aromatic heterocycles. The quantitative estimate of drug-likeness (QED) is 0.884. The molecule has 1 amide bonds. The fourth-order valence-corrected chi connectivity index (χ4v) is 4.88. The zero-order chi connectivity index (χ0) is 14.9. The van der Waals surface area contributed by atoms with E-state index in [4.69, 9.17) is 4.42 Å². The standard InChI is InChI=1S/C14H15NO4S2/c16-14(10-5-6-10)15-9-12(11-3-1-7-19-11)21(17,18)13-4-2-8-20-13/h1-4,7-8,10,12H,5-6,9H2,(H,15,16)/t12-/m0/s1. The number of hydrogen-bond acceptors (Lipinski definition) is 5. The number of hydrogen-bond donors (Lipinski definition) is 1. The number of furan rings is 1. The van der Waals surface area contributed by atoms with Gasteiger partial charge in [0.25, 0.3) is 0 Å². The number of rotatable bonds is 6. The van der Waals surface area contributed by atoms with E-state index in [0.29, 0.717) is 5.76 Å². The van der Waals surface area contributed by atoms with Crippen molar-refractivity contribution in [3.8, 4) is 0 Å². The number of carbonyl (C=O) groups excluding carboxylic acids is 1. The Bertz CT molecular complexity index is 700. The highest BCUT2D eigenvalue weighted by atomic mass is 32.2. The van der Waals surface area contributed by atoms with Crippen LogP contribution in [0.2, 0.25) is 0 Å². The van der Waals surface area contributed by atoms with Crippen LogP contribution in [0.15, 0.2) is 44.5 Å². The van der Waals surface area contributed by atoms with Gasteiger partial charge in [0.05, 0.1) is 6.26 Å². The highest BCUT2D eigenvalue weighted by molar-refractivity contribution is 7.93. The lowest BCUT2D eigenvalue weighted by Crippen LogP contribution is -2.32. The van der Waals surface area contributed by atoms with Crippen LogP contribution in [0.4, 0.5) is 0 Å². The average Bonchev–Trinajstić information content (AvgIpc) is 2.95. The van der Waals surface area contributed by atoms with Crippen LogP contribution in [0.25, 0.3) is 0 Å². The third-order valence-corrected chi connectivity index (χ3v) is 6.91. The molecule has 5 nitrogen and oxygen atoms in total. The second-order valence-electron chi connectivity index (χ2n) is 5.00. The van der Waals surface area contributed by atoms with Crippen LogP contribution in [0, 0.1) is 5.92 Å². The number of amides is 1. The van der Waals surface area contributed by atoms with Crippen molar-refractivity contribution in [3.05, 3.63) is 41.7 Å². The molecule has 1 aliphatic carbocycles. The summed E-state index contributed by atoms with van der Waals surface area (Å²) >= 11 is 1.17. The minimum atomic E-state index is -3.57. The van der Waals surface area contributed by atoms with Gasteiger partial charge < -0.3 is 9.73 Å². The fraction of sp³-hybridized carbons (Fsp3) is 0.357. The van der Waals surface area contributed by atoms with E-state index >= 15 is 0 Å². The monoisotopic (exact) mass is 325 g/mol. The van der Waals surface area contributed by atoms with Gasteiger partial charge in [0.1, 0.15) is 15.2 Å². The molecule has 0 spiro atoms. The zero-order valence-corrected chi connectivity index (χ0v) is 12.8. The highest BCUT2D eigenvalue weighted by Gasteiger charge is 2.35. The molecule has 1 atom stereocenters. The van der Waals surface area contributed by atoms with Gasteiger partial charge in [-0.2, -0.15) is 0 Å². The molecule has 0 unspecified atom stereocenters. The first-order valence-electron chi connectivity index (χ1n) is 6.67. The largest absolute Gasteiger partial charge is 0.468 e. The van der Waals surface area contributed by atoms with E-state index in [-0.39, 0.29) is 22.6 Å². The van der Waals surface area contributed by atoms with Crippen LogP contribution in [0.1, 0.15) is 23.9 Å². The summed E-state index contributed by atoms with van der Waals surface area (Å²) in [6.07, 6.45) is 3.21. The molecule has 112 valence electrons. The van der Waals surface area contributed by atoms with E-state index in [2.05, 4.69) is 5.32 Å². The van der Waals surface area contributed by atoms with Gasteiger partial charge in [0.15, 0.2) is 9.84 Å². The molecule has 1 saturated carbocycles. The van der Waals surface area contributed by atoms with E-state index in [1.807, 2.05) is 0 Å². The summed E-state index contributed by atoms with van der Waals surface area (Å²) in [6, 6.07) is 6.53. The van der Waals surface area contributed by atoms with Crippen molar-refractivity contribution in [1.29, 1.82) is 0 Å². The smallest absolute Gasteiger partial charge is 0.223 e. The van der Waals surface area contributed by atoms with E-state index in [1.165, 1.54) is 17.6 Å². The van der Waals surface area contributed by atoms with Crippen molar-refractivity contribution in [2.75, 3.05) is 6.54 Å². The van der Waals surface area contributed by atoms with Crippen LogP contribution in [-0.4, -0.2) is 20.9 Å². The van der Waals surface area contributed by atoms with Crippen LogP contribution in [-0.2, 0) is 14.6 Å². The molecule has 3 rings (SSSR count). The van der Waals surface area contributed by atoms with E-state index in [9.17, 15) is 13.2 Å². The minimum Gasteiger partial charge on any atom is -0.468 e. The lowest BCUT2D eigenvalue weighted by molar-refractivity contribution is -0.122. The fourth-order valence-electron chi connectivity index (χ4n) is 2.09. The van der Waals surface area contributed by atoms with Crippen LogP contribution < -0.4 is 5.32 Å². The summed E-state index contributed by atoms with van der Waals surface area (Å²) in [4.78, 5) is 11.8. The normalized spacial score (nSPS) is 16.6. The molecular formula is C14H15NO4S2. The Kier molecular flexibility index (Phi) is 3.86. The van der Waals surface area contributed by atoms with Crippen LogP contribution in [0.5, 0.6) is 0 Å². The maximum atomic E-state index is 12.7. The summed E-state index contributed by atoms with van der Waals surface area (Å²) < 4.78 is 30.9. The Morgan fingerprint density at radius 3 is 2.76 bits per heavy atom. The summed E-state index contributed by atoms with van der Waals surface area (Å²) in [6.45, 7) is 0.0308. The van der Waals surface area contributed by atoms with Gasteiger partial charge in [0, 0.05) is 12.5 Å². The number of nitrogens with one attached hydrogen (secondary N) is 1. The van der Waals surface area contributed by atoms with Gasteiger partial charge in [-0.3, -0.25) is 4.79 Å². The molecular weight excluding hydrogens is 310 g/mol. The maximum absolute atomic E-state index is 12.7. The number of carbonyl (C=O) groups is 1. The minimum absolute atomic E-state index is 0.0308. The first kappa shape index (κ1) is 14.3. The van der Waals surface area contributed by atoms with Gasteiger partial charge in [-0.25, -0.2) is 8.42 Å². The van der Waals surface area contributed by atoms with E-state index in [1.54, 1.807) is 29.6 Å². The Hall–Kier alpha value is -1.60. The number of thiophene rings is 1. The van der Waals surface area contributed by atoms with Gasteiger partial charge >= 0.3 is 0 Å². The molecule has 0 aliphatic heterocycles. The first-order chi connectivity index (χ1) is 10.1. The predicted octanol–water partition coefficient (Wildman–Crippen LogP) is 2.38. The SMILES string of the molecule is O=C(NC[C@@H](c1ccco1)S(=O)(=O)c1cccs1)C1CC1. The Morgan fingerprint density at radius 1 is 1.38 bits per heavy atom. The molecule has 0 aromatic carbocycles. The van der Waals surface area contributed by atoms with E-state index < -0.39 is 15.1 Å². The molecule has 7 heteroatoms. The summed E-state index contributed by atoms with van der Waals surface area (Å²) in [5, 5.41) is 3.55. The van der Waals surface area contributed by atoms with E-state index in [0.717, 1.165) is 12.8 Å². The van der Waals surface area contributed by atoms with Crippen molar-refractivity contribution in [2.24, 2.45) is 5.92 Å². The summed E-state index contributed by atoms with van der Waals surface area (Å²) in [7, 11) is -3.57. The average molecular weight is 325 g/mol. The van der Waals surface area contributed by atoms with Gasteiger partial charge in [0.2, 0.25) is 5.91 Å². The summed E-state index contributed by atoms with van der Waals surface area (Å²) in [5.41, 5.74) is 0. The molecule has 2 heterocycles. The van der Waals surface area contributed by atoms with Crippen molar-refractivity contribution < 1.29 is 17.6 Å². The molecule has 0 saturated heterocycles. The molecule has 1 N–H and O–H groups in total. The zero-order valence-electron chi connectivity index (χ0n) is 11.2.